The van der Waals surface area contributed by atoms with Gasteiger partial charge < -0.3 is 23.9 Å². The van der Waals surface area contributed by atoms with Crippen LogP contribution in [-0.4, -0.2) is 47.6 Å². The van der Waals surface area contributed by atoms with Gasteiger partial charge in [-0.2, -0.15) is 0 Å². The van der Waals surface area contributed by atoms with Gasteiger partial charge in [0, 0.05) is 29.5 Å². The number of aromatic nitrogens is 1. The Balaban J connectivity index is 1.84. The van der Waals surface area contributed by atoms with Crippen molar-refractivity contribution >= 4 is 23.2 Å². The molecule has 0 radical (unpaired) electrons. The predicted molar refractivity (Wildman–Crippen MR) is 120 cm³/mol. The van der Waals surface area contributed by atoms with Crippen molar-refractivity contribution in [3.63, 3.8) is 0 Å². The number of carboxylic acids is 1. The van der Waals surface area contributed by atoms with Gasteiger partial charge >= 0.3 is 5.97 Å². The molecule has 8 nitrogen and oxygen atoms in total. The van der Waals surface area contributed by atoms with E-state index in [4.69, 9.17) is 19.0 Å². The Kier molecular flexibility index (Phi) is 7.53. The normalized spacial score (nSPS) is 10.8. The first-order chi connectivity index (χ1) is 15.3. The molecule has 2 heterocycles. The maximum Gasteiger partial charge on any atom is 0.355 e. The van der Waals surface area contributed by atoms with Crippen molar-refractivity contribution < 1.29 is 28.6 Å². The van der Waals surface area contributed by atoms with Gasteiger partial charge in [0.15, 0.2) is 5.69 Å². The van der Waals surface area contributed by atoms with Crippen LogP contribution < -0.4 is 9.47 Å². The molecule has 3 rings (SSSR count). The van der Waals surface area contributed by atoms with Crippen molar-refractivity contribution in [1.29, 1.82) is 0 Å². The summed E-state index contributed by atoms with van der Waals surface area (Å²) in [5.41, 5.74) is 1.20. The highest BCUT2D eigenvalue weighted by Crippen LogP contribution is 2.30. The molecule has 9 heteroatoms. The van der Waals surface area contributed by atoms with Crippen LogP contribution in [0.4, 0.5) is 0 Å². The zero-order valence-corrected chi connectivity index (χ0v) is 19.3. The summed E-state index contributed by atoms with van der Waals surface area (Å²) in [5.74, 6) is 1.50. The minimum absolute atomic E-state index is 0.0258. The van der Waals surface area contributed by atoms with Crippen molar-refractivity contribution in [2.45, 2.75) is 33.2 Å². The number of ether oxygens (including phenoxy) is 2. The lowest BCUT2D eigenvalue weighted by molar-refractivity contribution is 0.0691. The van der Waals surface area contributed by atoms with Crippen molar-refractivity contribution in [1.82, 2.24) is 9.88 Å². The average molecular weight is 459 g/mol. The zero-order valence-electron chi connectivity index (χ0n) is 18.5. The number of thiazole rings is 1. The van der Waals surface area contributed by atoms with Gasteiger partial charge in [0.05, 0.1) is 20.8 Å². The lowest BCUT2D eigenvalue weighted by Crippen LogP contribution is -2.32. The van der Waals surface area contributed by atoms with Gasteiger partial charge in [0.25, 0.3) is 5.91 Å². The summed E-state index contributed by atoms with van der Waals surface area (Å²) in [5, 5.41) is 11.2. The van der Waals surface area contributed by atoms with E-state index in [1.54, 1.807) is 31.3 Å². The molecule has 0 unspecified atom stereocenters. The summed E-state index contributed by atoms with van der Waals surface area (Å²) in [6, 6.07) is 7.21. The highest BCUT2D eigenvalue weighted by atomic mass is 32.1. The maximum absolute atomic E-state index is 13.4. The summed E-state index contributed by atoms with van der Waals surface area (Å²) in [6.45, 7) is 4.39. The van der Waals surface area contributed by atoms with Gasteiger partial charge in [0.1, 0.15) is 28.0 Å². The number of carbonyl (C=O) groups is 2. The molecule has 0 spiro atoms. The summed E-state index contributed by atoms with van der Waals surface area (Å²) < 4.78 is 16.4. The number of benzene rings is 1. The smallest absolute Gasteiger partial charge is 0.355 e. The van der Waals surface area contributed by atoms with Crippen molar-refractivity contribution in [3.05, 3.63) is 63.0 Å². The third-order valence-electron chi connectivity index (χ3n) is 5.03. The molecule has 32 heavy (non-hydrogen) atoms. The fourth-order valence-corrected chi connectivity index (χ4v) is 4.14. The van der Waals surface area contributed by atoms with Crippen molar-refractivity contribution in [2.24, 2.45) is 0 Å². The Bertz CT molecular complexity index is 1080. The van der Waals surface area contributed by atoms with E-state index >= 15 is 0 Å². The molecule has 1 N–H and O–H groups in total. The standard InChI is InChI=1S/C23H26N2O6S/c1-14-7-8-17(31-14)6-5-9-25(12-21-24-18(13-32-21)23(27)28)22(26)16-10-19(29-3)15(2)20(11-16)30-4/h7-8,10-11,13H,5-6,9,12H2,1-4H3,(H,27,28). The van der Waals surface area contributed by atoms with Crippen LogP contribution in [0, 0.1) is 13.8 Å². The van der Waals surface area contributed by atoms with Crippen LogP contribution in [-0.2, 0) is 13.0 Å². The Labute approximate surface area is 190 Å². The summed E-state index contributed by atoms with van der Waals surface area (Å²) in [4.78, 5) is 30.4. The third-order valence-corrected chi connectivity index (χ3v) is 5.86. The van der Waals surface area contributed by atoms with Gasteiger partial charge in [-0.15, -0.1) is 11.3 Å². The Hall–Kier alpha value is -3.33. The molecule has 0 aliphatic carbocycles. The van der Waals surface area contributed by atoms with E-state index in [2.05, 4.69) is 4.98 Å². The number of rotatable bonds is 10. The molecule has 0 atom stereocenters. The van der Waals surface area contributed by atoms with Gasteiger partial charge in [-0.3, -0.25) is 4.79 Å². The van der Waals surface area contributed by atoms with E-state index in [-0.39, 0.29) is 18.1 Å². The minimum atomic E-state index is -1.09. The van der Waals surface area contributed by atoms with Crippen LogP contribution in [0.1, 0.15) is 49.4 Å². The van der Waals surface area contributed by atoms with E-state index in [0.717, 1.165) is 17.1 Å². The first-order valence-electron chi connectivity index (χ1n) is 10.1. The second-order valence-corrected chi connectivity index (χ2v) is 8.22. The predicted octanol–water partition coefficient (Wildman–Crippen LogP) is 4.34. The van der Waals surface area contributed by atoms with Crippen LogP contribution in [0.2, 0.25) is 0 Å². The van der Waals surface area contributed by atoms with E-state index in [1.807, 2.05) is 26.0 Å². The number of carboxylic acid groups (broad SMARTS) is 1. The molecule has 1 amide bonds. The molecule has 170 valence electrons. The van der Waals surface area contributed by atoms with Crippen molar-refractivity contribution in [3.8, 4) is 11.5 Å². The van der Waals surface area contributed by atoms with Gasteiger partial charge in [0.2, 0.25) is 0 Å². The molecule has 0 saturated carbocycles. The van der Waals surface area contributed by atoms with Gasteiger partial charge in [-0.05, 0) is 44.5 Å². The highest BCUT2D eigenvalue weighted by molar-refractivity contribution is 7.09. The molecular formula is C23H26N2O6S. The van der Waals surface area contributed by atoms with E-state index in [0.29, 0.717) is 41.5 Å². The largest absolute Gasteiger partial charge is 0.496 e. The number of amides is 1. The molecule has 1 aromatic carbocycles. The fraction of sp³-hybridized carbons (Fsp3) is 0.348. The Morgan fingerprint density at radius 3 is 2.38 bits per heavy atom. The number of aromatic carboxylic acids is 1. The Morgan fingerprint density at radius 1 is 1.16 bits per heavy atom. The quantitative estimate of drug-likeness (QED) is 0.482. The molecule has 2 aromatic heterocycles. The number of methoxy groups -OCH3 is 2. The fourth-order valence-electron chi connectivity index (χ4n) is 3.35. The third kappa shape index (κ3) is 5.47. The zero-order chi connectivity index (χ0) is 23.3. The van der Waals surface area contributed by atoms with Crippen molar-refractivity contribution in [2.75, 3.05) is 20.8 Å². The minimum Gasteiger partial charge on any atom is -0.496 e. The SMILES string of the molecule is COc1cc(C(=O)N(CCCc2ccc(C)o2)Cc2nc(C(=O)O)cs2)cc(OC)c1C. The van der Waals surface area contributed by atoms with Crippen LogP contribution in [0.5, 0.6) is 11.5 Å². The highest BCUT2D eigenvalue weighted by Gasteiger charge is 2.21. The van der Waals surface area contributed by atoms with Crippen LogP contribution in [0.15, 0.2) is 34.1 Å². The molecule has 0 saturated heterocycles. The number of hydrogen-bond donors (Lipinski definition) is 1. The number of aryl methyl sites for hydroxylation is 2. The summed E-state index contributed by atoms with van der Waals surface area (Å²) in [7, 11) is 3.09. The molecular weight excluding hydrogens is 432 g/mol. The number of carbonyl (C=O) groups excluding carboxylic acids is 1. The topological polar surface area (TPSA) is 102 Å². The van der Waals surface area contributed by atoms with Crippen LogP contribution in [0.25, 0.3) is 0 Å². The average Bonchev–Trinajstić information content (AvgIpc) is 3.41. The second kappa shape index (κ2) is 10.3. The van der Waals surface area contributed by atoms with Gasteiger partial charge in [-0.25, -0.2) is 9.78 Å². The maximum atomic E-state index is 13.4. The number of nitrogens with zero attached hydrogens (tertiary/aromatic N) is 2. The first-order valence-corrected chi connectivity index (χ1v) is 10.9. The van der Waals surface area contributed by atoms with E-state index in [9.17, 15) is 9.59 Å². The molecule has 0 aliphatic heterocycles. The van der Waals surface area contributed by atoms with E-state index < -0.39 is 5.97 Å². The van der Waals surface area contributed by atoms with Crippen LogP contribution >= 0.6 is 11.3 Å². The van der Waals surface area contributed by atoms with E-state index in [1.165, 1.54) is 16.7 Å². The van der Waals surface area contributed by atoms with Crippen LogP contribution in [0.3, 0.4) is 0 Å². The monoisotopic (exact) mass is 458 g/mol. The molecule has 3 aromatic rings. The number of hydrogen-bond acceptors (Lipinski definition) is 7. The lowest BCUT2D eigenvalue weighted by atomic mass is 10.1. The summed E-state index contributed by atoms with van der Waals surface area (Å²) >= 11 is 1.22. The Morgan fingerprint density at radius 2 is 1.84 bits per heavy atom. The second-order valence-electron chi connectivity index (χ2n) is 7.28. The van der Waals surface area contributed by atoms with Gasteiger partial charge in [-0.1, -0.05) is 0 Å². The molecule has 0 aliphatic rings. The molecule has 0 bridgehead atoms. The number of furan rings is 1. The first kappa shape index (κ1) is 23.3. The molecule has 0 fully saturated rings. The lowest BCUT2D eigenvalue weighted by Gasteiger charge is -2.23. The summed E-state index contributed by atoms with van der Waals surface area (Å²) in [6.07, 6.45) is 1.35.